The number of nitrogens with zero attached hydrogens (tertiary/aromatic N) is 4. The molecule has 2 fully saturated rings. The number of morpholine rings is 1. The van der Waals surface area contributed by atoms with Gasteiger partial charge < -0.3 is 19.1 Å². The number of nitriles is 1. The second kappa shape index (κ2) is 10.3. The highest BCUT2D eigenvalue weighted by Gasteiger charge is 2.29. The molecule has 2 aromatic carbocycles. The van der Waals surface area contributed by atoms with Crippen molar-refractivity contribution in [1.29, 1.82) is 5.26 Å². The number of aromatic nitrogens is 2. The van der Waals surface area contributed by atoms with Crippen LogP contribution in [0.25, 0.3) is 0 Å². The molecule has 36 heavy (non-hydrogen) atoms. The summed E-state index contributed by atoms with van der Waals surface area (Å²) in [4.78, 5) is 11.2. The summed E-state index contributed by atoms with van der Waals surface area (Å²) in [5, 5.41) is 10.2. The third kappa shape index (κ3) is 5.40. The molecule has 2 heterocycles. The van der Waals surface area contributed by atoms with Crippen LogP contribution in [0, 0.1) is 11.3 Å². The fourth-order valence-electron chi connectivity index (χ4n) is 4.18. The van der Waals surface area contributed by atoms with Crippen LogP contribution in [0.1, 0.15) is 49.1 Å². The summed E-state index contributed by atoms with van der Waals surface area (Å²) >= 11 is 6.55. The van der Waals surface area contributed by atoms with Gasteiger partial charge in [-0.2, -0.15) is 5.26 Å². The van der Waals surface area contributed by atoms with Crippen LogP contribution in [0.4, 0.5) is 5.95 Å². The Kier molecular flexibility index (Phi) is 6.99. The Hall–Kier alpha value is -3.34. The smallest absolute Gasteiger partial charge is 0.225 e. The molecule has 0 bridgehead atoms. The lowest BCUT2D eigenvalue weighted by Gasteiger charge is -2.27. The fraction of sp³-hybridized carbons (Fsp3) is 0.393. The Bertz CT molecular complexity index is 1260. The van der Waals surface area contributed by atoms with Gasteiger partial charge in [0, 0.05) is 24.7 Å². The summed E-state index contributed by atoms with van der Waals surface area (Å²) in [6.07, 6.45) is 3.96. The molecule has 1 aliphatic heterocycles. The Morgan fingerprint density at radius 2 is 1.86 bits per heavy atom. The normalized spacial score (nSPS) is 15.9. The maximum atomic E-state index is 9.70. The van der Waals surface area contributed by atoms with E-state index in [4.69, 9.17) is 25.8 Å². The van der Waals surface area contributed by atoms with Crippen molar-refractivity contribution < 1.29 is 14.2 Å². The van der Waals surface area contributed by atoms with E-state index in [-0.39, 0.29) is 11.5 Å². The molecule has 0 atom stereocenters. The van der Waals surface area contributed by atoms with Crippen LogP contribution in [0.15, 0.2) is 48.7 Å². The van der Waals surface area contributed by atoms with Crippen molar-refractivity contribution >= 4 is 17.5 Å². The zero-order valence-electron chi connectivity index (χ0n) is 20.5. The van der Waals surface area contributed by atoms with Gasteiger partial charge in [0.1, 0.15) is 18.4 Å². The standard InChI is InChI=1S/C28H29ClN4O3/c1-28(2,21-15-19(17-30)26(25(29)16-21)36-24-7-8-24)20-3-5-23(6-4-20)35-18-22-9-10-31-27(32-22)33-11-13-34-14-12-33/h3-6,9-10,15-16,24H,7-8,11-14,18H2,1-2H3. The Labute approximate surface area is 216 Å². The largest absolute Gasteiger partial charge is 0.487 e. The van der Waals surface area contributed by atoms with Crippen molar-refractivity contribution in [1.82, 2.24) is 9.97 Å². The molecule has 0 amide bonds. The molecule has 0 unspecified atom stereocenters. The summed E-state index contributed by atoms with van der Waals surface area (Å²) in [6.45, 7) is 7.55. The monoisotopic (exact) mass is 504 g/mol. The number of halogens is 1. The third-order valence-corrected chi connectivity index (χ3v) is 6.93. The van der Waals surface area contributed by atoms with Gasteiger partial charge in [0.25, 0.3) is 0 Å². The predicted molar refractivity (Wildman–Crippen MR) is 138 cm³/mol. The Balaban J connectivity index is 1.27. The molecule has 7 nitrogen and oxygen atoms in total. The number of benzene rings is 2. The highest BCUT2D eigenvalue weighted by Crippen LogP contribution is 2.40. The highest BCUT2D eigenvalue weighted by molar-refractivity contribution is 6.32. The van der Waals surface area contributed by atoms with Crippen molar-refractivity contribution in [2.75, 3.05) is 31.2 Å². The molecule has 1 saturated heterocycles. The van der Waals surface area contributed by atoms with Gasteiger partial charge in [0.05, 0.1) is 35.6 Å². The van der Waals surface area contributed by atoms with Gasteiger partial charge in [-0.3, -0.25) is 0 Å². The molecule has 3 aromatic rings. The van der Waals surface area contributed by atoms with Crippen LogP contribution >= 0.6 is 11.6 Å². The molecule has 1 saturated carbocycles. The molecular formula is C28H29ClN4O3. The lowest BCUT2D eigenvalue weighted by molar-refractivity contribution is 0.122. The molecule has 8 heteroatoms. The Morgan fingerprint density at radius 3 is 2.56 bits per heavy atom. The van der Waals surface area contributed by atoms with Crippen LogP contribution in [0.5, 0.6) is 11.5 Å². The number of rotatable bonds is 8. The van der Waals surface area contributed by atoms with E-state index in [0.29, 0.717) is 42.1 Å². The van der Waals surface area contributed by atoms with Gasteiger partial charge in [0.2, 0.25) is 5.95 Å². The average Bonchev–Trinajstić information content (AvgIpc) is 3.73. The van der Waals surface area contributed by atoms with Gasteiger partial charge in [-0.1, -0.05) is 37.6 Å². The summed E-state index contributed by atoms with van der Waals surface area (Å²) in [5.41, 5.74) is 2.97. The SMILES string of the molecule is CC(C)(c1ccc(OCc2ccnc(N3CCOCC3)n2)cc1)c1cc(Cl)c(OC2CC2)c(C#N)c1. The van der Waals surface area contributed by atoms with Gasteiger partial charge in [0.15, 0.2) is 5.75 Å². The van der Waals surface area contributed by atoms with E-state index in [1.807, 2.05) is 42.5 Å². The van der Waals surface area contributed by atoms with Gasteiger partial charge >= 0.3 is 0 Å². The summed E-state index contributed by atoms with van der Waals surface area (Å²) < 4.78 is 17.3. The predicted octanol–water partition coefficient (Wildman–Crippen LogP) is 5.28. The van der Waals surface area contributed by atoms with Crippen molar-refractivity contribution in [3.05, 3.63) is 76.1 Å². The molecule has 2 aliphatic rings. The first-order valence-corrected chi connectivity index (χ1v) is 12.6. The molecule has 0 N–H and O–H groups in total. The summed E-state index contributed by atoms with van der Waals surface area (Å²) in [7, 11) is 0. The van der Waals surface area contributed by atoms with Crippen LogP contribution in [0.2, 0.25) is 5.02 Å². The van der Waals surface area contributed by atoms with Crippen LogP contribution in [0.3, 0.4) is 0 Å². The Morgan fingerprint density at radius 1 is 1.11 bits per heavy atom. The van der Waals surface area contributed by atoms with E-state index < -0.39 is 0 Å². The lowest BCUT2D eigenvalue weighted by Crippen LogP contribution is -2.37. The molecule has 0 radical (unpaired) electrons. The average molecular weight is 505 g/mol. The number of ether oxygens (including phenoxy) is 3. The highest BCUT2D eigenvalue weighted by atomic mass is 35.5. The van der Waals surface area contributed by atoms with E-state index in [9.17, 15) is 5.26 Å². The van der Waals surface area contributed by atoms with Crippen LogP contribution in [-0.2, 0) is 16.8 Å². The number of hydrogen-bond acceptors (Lipinski definition) is 7. The number of hydrogen-bond donors (Lipinski definition) is 0. The van der Waals surface area contributed by atoms with E-state index in [1.165, 1.54) is 0 Å². The quantitative estimate of drug-likeness (QED) is 0.412. The molecule has 0 spiro atoms. The molecule has 1 aromatic heterocycles. The summed E-state index contributed by atoms with van der Waals surface area (Å²) in [6, 6.07) is 15.9. The van der Waals surface area contributed by atoms with Crippen molar-refractivity contribution in [3.8, 4) is 17.6 Å². The molecule has 1 aliphatic carbocycles. The van der Waals surface area contributed by atoms with Crippen molar-refractivity contribution in [2.45, 2.75) is 44.8 Å². The van der Waals surface area contributed by atoms with Gasteiger partial charge in [-0.05, 0) is 54.3 Å². The molecule has 5 rings (SSSR count). The summed E-state index contributed by atoms with van der Waals surface area (Å²) in [5.74, 6) is 1.96. The van der Waals surface area contributed by atoms with Gasteiger partial charge in [-0.15, -0.1) is 0 Å². The first-order valence-electron chi connectivity index (χ1n) is 12.2. The first-order chi connectivity index (χ1) is 17.4. The maximum Gasteiger partial charge on any atom is 0.225 e. The lowest BCUT2D eigenvalue weighted by atomic mass is 9.77. The number of anilines is 1. The topological polar surface area (TPSA) is 80.5 Å². The minimum atomic E-state index is -0.369. The van der Waals surface area contributed by atoms with E-state index >= 15 is 0 Å². The first kappa shape index (κ1) is 24.4. The zero-order chi connectivity index (χ0) is 25.1. The van der Waals surface area contributed by atoms with Crippen LogP contribution < -0.4 is 14.4 Å². The van der Waals surface area contributed by atoms with Crippen LogP contribution in [-0.4, -0.2) is 42.4 Å². The molecule has 186 valence electrons. The van der Waals surface area contributed by atoms with Crippen molar-refractivity contribution in [2.24, 2.45) is 0 Å². The fourth-order valence-corrected chi connectivity index (χ4v) is 4.45. The van der Waals surface area contributed by atoms with E-state index in [0.717, 1.165) is 48.5 Å². The second-order valence-corrected chi connectivity index (χ2v) is 10.1. The van der Waals surface area contributed by atoms with Crippen molar-refractivity contribution in [3.63, 3.8) is 0 Å². The minimum Gasteiger partial charge on any atom is -0.487 e. The minimum absolute atomic E-state index is 0.175. The van der Waals surface area contributed by atoms with E-state index in [2.05, 4.69) is 34.8 Å². The third-order valence-electron chi connectivity index (χ3n) is 6.65. The maximum absolute atomic E-state index is 9.70. The molecular weight excluding hydrogens is 476 g/mol. The second-order valence-electron chi connectivity index (χ2n) is 9.65. The zero-order valence-corrected chi connectivity index (χ0v) is 21.3. The van der Waals surface area contributed by atoms with Gasteiger partial charge in [-0.25, -0.2) is 9.97 Å². The van der Waals surface area contributed by atoms with E-state index in [1.54, 1.807) is 6.20 Å².